The summed E-state index contributed by atoms with van der Waals surface area (Å²) in [4.78, 5) is 16.1. The zero-order chi connectivity index (χ0) is 16.1. The predicted octanol–water partition coefficient (Wildman–Crippen LogP) is 1.79. The molecular formula is C15H19ClN4O2. The van der Waals surface area contributed by atoms with E-state index in [1.54, 1.807) is 28.9 Å². The SMILES string of the molecule is Cc1nc(C)n(CCCNC(=O)[C@H](O)c2ccc(Cl)cc2)n1. The number of rotatable bonds is 6. The fourth-order valence-corrected chi connectivity index (χ4v) is 2.23. The Morgan fingerprint density at radius 2 is 2.05 bits per heavy atom. The minimum absolute atomic E-state index is 0.422. The van der Waals surface area contributed by atoms with E-state index in [1.807, 2.05) is 13.8 Å². The molecule has 0 saturated heterocycles. The molecule has 0 radical (unpaired) electrons. The maximum absolute atomic E-state index is 11.9. The first-order valence-corrected chi connectivity index (χ1v) is 7.44. The minimum atomic E-state index is -1.19. The molecule has 0 fully saturated rings. The van der Waals surface area contributed by atoms with Gasteiger partial charge in [-0.15, -0.1) is 0 Å². The van der Waals surface area contributed by atoms with Crippen LogP contribution in [0.5, 0.6) is 0 Å². The lowest BCUT2D eigenvalue weighted by Crippen LogP contribution is -2.30. The number of carbonyl (C=O) groups excluding carboxylic acids is 1. The molecule has 0 bridgehead atoms. The Morgan fingerprint density at radius 1 is 1.36 bits per heavy atom. The Labute approximate surface area is 134 Å². The maximum atomic E-state index is 11.9. The second-order valence-electron chi connectivity index (χ2n) is 5.03. The van der Waals surface area contributed by atoms with Gasteiger partial charge in [-0.1, -0.05) is 23.7 Å². The summed E-state index contributed by atoms with van der Waals surface area (Å²) in [5, 5.41) is 17.5. The van der Waals surface area contributed by atoms with Gasteiger partial charge in [-0.05, 0) is 38.0 Å². The summed E-state index contributed by atoms with van der Waals surface area (Å²) in [7, 11) is 0. The lowest BCUT2D eigenvalue weighted by Gasteiger charge is -2.12. The summed E-state index contributed by atoms with van der Waals surface area (Å²) in [6.07, 6.45) is -0.476. The second kappa shape index (κ2) is 7.38. The molecule has 0 spiro atoms. The van der Waals surface area contributed by atoms with Gasteiger partial charge in [0.2, 0.25) is 0 Å². The first kappa shape index (κ1) is 16.5. The number of benzene rings is 1. The molecule has 7 heteroatoms. The minimum Gasteiger partial charge on any atom is -0.378 e. The monoisotopic (exact) mass is 322 g/mol. The number of aryl methyl sites for hydroxylation is 3. The normalized spacial score (nSPS) is 12.2. The summed E-state index contributed by atoms with van der Waals surface area (Å²) in [5.74, 6) is 1.17. The highest BCUT2D eigenvalue weighted by atomic mass is 35.5. The third kappa shape index (κ3) is 4.29. The number of hydrogen-bond acceptors (Lipinski definition) is 4. The number of nitrogens with one attached hydrogen (secondary N) is 1. The van der Waals surface area contributed by atoms with E-state index in [0.29, 0.717) is 30.1 Å². The molecule has 22 heavy (non-hydrogen) atoms. The Balaban J connectivity index is 1.77. The van der Waals surface area contributed by atoms with E-state index in [2.05, 4.69) is 15.4 Å². The van der Waals surface area contributed by atoms with Crippen molar-refractivity contribution in [1.82, 2.24) is 20.1 Å². The van der Waals surface area contributed by atoms with E-state index < -0.39 is 12.0 Å². The Morgan fingerprint density at radius 3 is 2.64 bits per heavy atom. The zero-order valence-electron chi connectivity index (χ0n) is 12.6. The summed E-state index contributed by atoms with van der Waals surface area (Å²) < 4.78 is 1.80. The number of aliphatic hydroxyl groups excluding tert-OH is 1. The molecule has 6 nitrogen and oxygen atoms in total. The molecule has 0 aliphatic rings. The van der Waals surface area contributed by atoms with E-state index in [1.165, 1.54) is 0 Å². The van der Waals surface area contributed by atoms with Crippen LogP contribution in [0, 0.1) is 13.8 Å². The lowest BCUT2D eigenvalue weighted by atomic mass is 10.1. The van der Waals surface area contributed by atoms with E-state index in [4.69, 9.17) is 11.6 Å². The predicted molar refractivity (Wildman–Crippen MR) is 83.5 cm³/mol. The second-order valence-corrected chi connectivity index (χ2v) is 5.46. The van der Waals surface area contributed by atoms with E-state index >= 15 is 0 Å². The van der Waals surface area contributed by atoms with Crippen LogP contribution < -0.4 is 5.32 Å². The molecule has 2 aromatic rings. The van der Waals surface area contributed by atoms with Crippen molar-refractivity contribution in [3.8, 4) is 0 Å². The molecular weight excluding hydrogens is 304 g/mol. The van der Waals surface area contributed by atoms with Crippen molar-refractivity contribution < 1.29 is 9.90 Å². The zero-order valence-corrected chi connectivity index (χ0v) is 13.3. The van der Waals surface area contributed by atoms with E-state index in [0.717, 1.165) is 11.6 Å². The number of amides is 1. The quantitative estimate of drug-likeness (QED) is 0.795. The van der Waals surface area contributed by atoms with Crippen molar-refractivity contribution in [2.45, 2.75) is 32.9 Å². The third-order valence-electron chi connectivity index (χ3n) is 3.24. The van der Waals surface area contributed by atoms with Crippen molar-refractivity contribution in [2.24, 2.45) is 0 Å². The molecule has 2 N–H and O–H groups in total. The van der Waals surface area contributed by atoms with Crippen LogP contribution in [0.15, 0.2) is 24.3 Å². The van der Waals surface area contributed by atoms with Gasteiger partial charge in [-0.25, -0.2) is 4.98 Å². The van der Waals surface area contributed by atoms with Crippen molar-refractivity contribution >= 4 is 17.5 Å². The largest absolute Gasteiger partial charge is 0.378 e. The van der Waals surface area contributed by atoms with Crippen LogP contribution in [-0.4, -0.2) is 32.3 Å². The van der Waals surface area contributed by atoms with Crippen molar-refractivity contribution in [1.29, 1.82) is 0 Å². The van der Waals surface area contributed by atoms with Crippen molar-refractivity contribution in [3.63, 3.8) is 0 Å². The van der Waals surface area contributed by atoms with Gasteiger partial charge in [-0.2, -0.15) is 5.10 Å². The van der Waals surface area contributed by atoms with Gasteiger partial charge in [0.05, 0.1) is 0 Å². The molecule has 1 atom stereocenters. The number of aliphatic hydroxyl groups is 1. The molecule has 0 unspecified atom stereocenters. The van der Waals surface area contributed by atoms with Crippen LogP contribution in [0.25, 0.3) is 0 Å². The van der Waals surface area contributed by atoms with Crippen LogP contribution in [-0.2, 0) is 11.3 Å². The molecule has 1 aromatic carbocycles. The Bertz CT molecular complexity index is 639. The first-order valence-electron chi connectivity index (χ1n) is 7.06. The van der Waals surface area contributed by atoms with Crippen molar-refractivity contribution in [3.05, 3.63) is 46.5 Å². The van der Waals surface area contributed by atoms with Gasteiger partial charge in [0, 0.05) is 18.1 Å². The summed E-state index contributed by atoms with van der Waals surface area (Å²) in [6, 6.07) is 6.55. The fraction of sp³-hybridized carbons (Fsp3) is 0.400. The maximum Gasteiger partial charge on any atom is 0.253 e. The topological polar surface area (TPSA) is 80.0 Å². The molecule has 1 amide bonds. The fourth-order valence-electron chi connectivity index (χ4n) is 2.11. The van der Waals surface area contributed by atoms with Crippen molar-refractivity contribution in [2.75, 3.05) is 6.54 Å². The average Bonchev–Trinajstić information content (AvgIpc) is 2.81. The molecule has 2 rings (SSSR count). The number of nitrogens with zero attached hydrogens (tertiary/aromatic N) is 3. The Hall–Kier alpha value is -1.92. The highest BCUT2D eigenvalue weighted by Gasteiger charge is 2.16. The van der Waals surface area contributed by atoms with Crippen LogP contribution in [0.4, 0.5) is 0 Å². The number of hydrogen-bond donors (Lipinski definition) is 2. The van der Waals surface area contributed by atoms with Crippen LogP contribution in [0.1, 0.15) is 29.7 Å². The number of halogens is 1. The van der Waals surface area contributed by atoms with Gasteiger partial charge in [0.1, 0.15) is 11.6 Å². The van der Waals surface area contributed by atoms with E-state index in [9.17, 15) is 9.90 Å². The van der Waals surface area contributed by atoms with Gasteiger partial charge in [0.25, 0.3) is 5.91 Å². The van der Waals surface area contributed by atoms with Gasteiger partial charge >= 0.3 is 0 Å². The van der Waals surface area contributed by atoms with Gasteiger partial charge in [0.15, 0.2) is 6.10 Å². The van der Waals surface area contributed by atoms with Crippen LogP contribution >= 0.6 is 11.6 Å². The Kier molecular flexibility index (Phi) is 5.51. The highest BCUT2D eigenvalue weighted by Crippen LogP contribution is 2.16. The lowest BCUT2D eigenvalue weighted by molar-refractivity contribution is -0.129. The molecule has 1 aromatic heterocycles. The molecule has 0 aliphatic carbocycles. The molecule has 118 valence electrons. The molecule has 0 aliphatic heterocycles. The van der Waals surface area contributed by atoms with Crippen LogP contribution in [0.3, 0.4) is 0 Å². The van der Waals surface area contributed by atoms with Gasteiger partial charge in [-0.3, -0.25) is 9.48 Å². The first-order chi connectivity index (χ1) is 10.5. The smallest absolute Gasteiger partial charge is 0.253 e. The highest BCUT2D eigenvalue weighted by molar-refractivity contribution is 6.30. The summed E-state index contributed by atoms with van der Waals surface area (Å²) >= 11 is 5.78. The van der Waals surface area contributed by atoms with E-state index in [-0.39, 0.29) is 0 Å². The third-order valence-corrected chi connectivity index (χ3v) is 3.49. The van der Waals surface area contributed by atoms with Gasteiger partial charge < -0.3 is 10.4 Å². The summed E-state index contributed by atoms with van der Waals surface area (Å²) in [6.45, 7) is 4.86. The standard InChI is InChI=1S/C15H19ClN4O2/c1-10-18-11(2)20(19-10)9-3-8-17-15(22)14(21)12-4-6-13(16)7-5-12/h4-7,14,21H,3,8-9H2,1-2H3,(H,17,22)/t14-/m1/s1. The summed E-state index contributed by atoms with van der Waals surface area (Å²) in [5.41, 5.74) is 0.518. The molecule has 0 saturated carbocycles. The van der Waals surface area contributed by atoms with Crippen LogP contribution in [0.2, 0.25) is 5.02 Å². The number of carbonyl (C=O) groups is 1. The average molecular weight is 323 g/mol. The molecule has 1 heterocycles. The number of aromatic nitrogens is 3.